The van der Waals surface area contributed by atoms with Crippen LogP contribution in [0.25, 0.3) is 0 Å². The first-order valence-electron chi connectivity index (χ1n) is 29.8. The topological polar surface area (TPSA) is 61.8 Å². The number of carbonyl (C=O) groups excluding carboxylic acids is 2. The summed E-state index contributed by atoms with van der Waals surface area (Å²) in [7, 11) is 0. The van der Waals surface area contributed by atoms with Crippen molar-refractivity contribution in [3.05, 3.63) is 60.8 Å². The van der Waals surface area contributed by atoms with Gasteiger partial charge in [0.05, 0.1) is 6.61 Å². The molecule has 0 heterocycles. The molecule has 396 valence electrons. The van der Waals surface area contributed by atoms with Crippen molar-refractivity contribution in [2.75, 3.05) is 19.8 Å². The van der Waals surface area contributed by atoms with Gasteiger partial charge in [0.1, 0.15) is 6.61 Å². The van der Waals surface area contributed by atoms with Gasteiger partial charge in [-0.3, -0.25) is 9.59 Å². The molecule has 68 heavy (non-hydrogen) atoms. The molecule has 0 aliphatic carbocycles. The fourth-order valence-electron chi connectivity index (χ4n) is 8.56. The lowest BCUT2D eigenvalue weighted by Crippen LogP contribution is -2.30. The largest absolute Gasteiger partial charge is 0.462 e. The number of esters is 2. The minimum atomic E-state index is -0.564. The van der Waals surface area contributed by atoms with Crippen LogP contribution < -0.4 is 0 Å². The van der Waals surface area contributed by atoms with Crippen LogP contribution in [-0.2, 0) is 23.8 Å². The molecule has 0 amide bonds. The van der Waals surface area contributed by atoms with Crippen molar-refractivity contribution in [1.29, 1.82) is 0 Å². The Bertz CT molecular complexity index is 1170. The first kappa shape index (κ1) is 65.6. The quantitative estimate of drug-likeness (QED) is 0.0345. The summed E-state index contributed by atoms with van der Waals surface area (Å²) in [6.07, 6.45) is 75.3. The highest BCUT2D eigenvalue weighted by Crippen LogP contribution is 2.16. The van der Waals surface area contributed by atoms with Gasteiger partial charge >= 0.3 is 11.9 Å². The van der Waals surface area contributed by atoms with Gasteiger partial charge in [-0.15, -0.1) is 0 Å². The van der Waals surface area contributed by atoms with Crippen molar-refractivity contribution in [1.82, 2.24) is 0 Å². The van der Waals surface area contributed by atoms with Gasteiger partial charge < -0.3 is 14.2 Å². The summed E-state index contributed by atoms with van der Waals surface area (Å²) in [6.45, 7) is 7.79. The SMILES string of the molecule is CCCCC/C=C\C/C=C\CCCCCCCCCCCC(=O)OC[C@@H](COCCCCCCCCCCCCCCCCCC)OC(=O)CCC/C=C\C/C=C\C/C=C\CCCCCCCC. The van der Waals surface area contributed by atoms with Crippen molar-refractivity contribution < 1.29 is 23.8 Å². The molecule has 5 nitrogen and oxygen atoms in total. The fraction of sp³-hybridized carbons (Fsp3) is 0.810. The molecule has 0 rings (SSSR count). The molecule has 0 spiro atoms. The number of allylic oxidation sites excluding steroid dienone is 10. The molecule has 0 fully saturated rings. The Morgan fingerprint density at radius 1 is 0.324 bits per heavy atom. The van der Waals surface area contributed by atoms with E-state index >= 15 is 0 Å². The lowest BCUT2D eigenvalue weighted by Gasteiger charge is -2.18. The van der Waals surface area contributed by atoms with Crippen molar-refractivity contribution in [3.63, 3.8) is 0 Å². The van der Waals surface area contributed by atoms with Gasteiger partial charge in [0.25, 0.3) is 0 Å². The maximum Gasteiger partial charge on any atom is 0.306 e. The molecule has 1 atom stereocenters. The van der Waals surface area contributed by atoms with Crippen LogP contribution in [0.3, 0.4) is 0 Å². The summed E-state index contributed by atoms with van der Waals surface area (Å²) in [6, 6.07) is 0. The molecule has 0 bridgehead atoms. The lowest BCUT2D eigenvalue weighted by molar-refractivity contribution is -0.162. The van der Waals surface area contributed by atoms with Crippen molar-refractivity contribution in [3.8, 4) is 0 Å². The maximum atomic E-state index is 12.8. The number of carbonyl (C=O) groups is 2. The van der Waals surface area contributed by atoms with Crippen LogP contribution in [0.5, 0.6) is 0 Å². The number of hydrogen-bond donors (Lipinski definition) is 0. The maximum absolute atomic E-state index is 12.8. The summed E-state index contributed by atoms with van der Waals surface area (Å²) in [5, 5.41) is 0. The van der Waals surface area contributed by atoms with Crippen LogP contribution in [0.2, 0.25) is 0 Å². The monoisotopic (exact) mass is 951 g/mol. The van der Waals surface area contributed by atoms with Crippen molar-refractivity contribution >= 4 is 11.9 Å². The zero-order valence-corrected chi connectivity index (χ0v) is 45.6. The third kappa shape index (κ3) is 56.2. The third-order valence-corrected chi connectivity index (χ3v) is 13.0. The summed E-state index contributed by atoms with van der Waals surface area (Å²) in [5.41, 5.74) is 0. The van der Waals surface area contributed by atoms with Crippen molar-refractivity contribution in [2.24, 2.45) is 0 Å². The first-order chi connectivity index (χ1) is 33.6. The van der Waals surface area contributed by atoms with Gasteiger partial charge in [-0.1, -0.05) is 268 Å². The predicted molar refractivity (Wildman–Crippen MR) is 298 cm³/mol. The molecular weight excluding hydrogens is 837 g/mol. The zero-order valence-electron chi connectivity index (χ0n) is 45.6. The average Bonchev–Trinajstić information content (AvgIpc) is 3.34. The predicted octanol–water partition coefficient (Wildman–Crippen LogP) is 20.5. The Kier molecular flexibility index (Phi) is 56.8. The Morgan fingerprint density at radius 2 is 0.632 bits per heavy atom. The van der Waals surface area contributed by atoms with E-state index in [2.05, 4.69) is 81.5 Å². The molecule has 0 aliphatic heterocycles. The minimum Gasteiger partial charge on any atom is -0.462 e. The van der Waals surface area contributed by atoms with E-state index in [1.54, 1.807) is 0 Å². The van der Waals surface area contributed by atoms with Crippen LogP contribution in [0.4, 0.5) is 0 Å². The Hall–Kier alpha value is -2.40. The molecule has 0 saturated carbocycles. The number of rotatable bonds is 55. The highest BCUT2D eigenvalue weighted by atomic mass is 16.6. The van der Waals surface area contributed by atoms with E-state index in [1.165, 1.54) is 205 Å². The third-order valence-electron chi connectivity index (χ3n) is 13.0. The van der Waals surface area contributed by atoms with Crippen LogP contribution in [-0.4, -0.2) is 37.9 Å². The van der Waals surface area contributed by atoms with Gasteiger partial charge in [-0.2, -0.15) is 0 Å². The second-order valence-corrected chi connectivity index (χ2v) is 19.9. The summed E-state index contributed by atoms with van der Waals surface area (Å²) in [5.74, 6) is -0.448. The number of unbranched alkanes of at least 4 members (excludes halogenated alkanes) is 34. The van der Waals surface area contributed by atoms with Crippen molar-refractivity contribution in [2.45, 2.75) is 309 Å². The second kappa shape index (κ2) is 58.9. The van der Waals surface area contributed by atoms with Crippen LogP contribution >= 0.6 is 0 Å². The second-order valence-electron chi connectivity index (χ2n) is 19.9. The van der Waals surface area contributed by atoms with Crippen LogP contribution in [0.15, 0.2) is 60.8 Å². The van der Waals surface area contributed by atoms with Crippen LogP contribution in [0.1, 0.15) is 303 Å². The highest BCUT2D eigenvalue weighted by molar-refractivity contribution is 5.70. The Balaban J connectivity index is 4.32. The van der Waals surface area contributed by atoms with E-state index in [4.69, 9.17) is 14.2 Å². The minimum absolute atomic E-state index is 0.0654. The molecule has 0 saturated heterocycles. The molecule has 0 aromatic carbocycles. The van der Waals surface area contributed by atoms with Gasteiger partial charge in [0, 0.05) is 19.4 Å². The first-order valence-corrected chi connectivity index (χ1v) is 29.8. The Morgan fingerprint density at radius 3 is 1.06 bits per heavy atom. The average molecular weight is 952 g/mol. The number of ether oxygens (including phenoxy) is 3. The van der Waals surface area contributed by atoms with E-state index in [0.29, 0.717) is 19.4 Å². The van der Waals surface area contributed by atoms with Gasteiger partial charge in [-0.25, -0.2) is 0 Å². The molecular formula is C63H114O5. The molecule has 0 aliphatic rings. The lowest BCUT2D eigenvalue weighted by atomic mass is 10.0. The van der Waals surface area contributed by atoms with E-state index in [-0.39, 0.29) is 25.2 Å². The van der Waals surface area contributed by atoms with Gasteiger partial charge in [0.2, 0.25) is 0 Å². The van der Waals surface area contributed by atoms with E-state index < -0.39 is 6.10 Å². The molecule has 0 aromatic rings. The molecule has 0 N–H and O–H groups in total. The summed E-state index contributed by atoms with van der Waals surface area (Å²) in [4.78, 5) is 25.5. The highest BCUT2D eigenvalue weighted by Gasteiger charge is 2.17. The molecule has 0 radical (unpaired) electrons. The zero-order chi connectivity index (χ0) is 49.2. The molecule has 0 unspecified atom stereocenters. The normalized spacial score (nSPS) is 12.6. The van der Waals surface area contributed by atoms with E-state index in [0.717, 1.165) is 64.2 Å². The number of hydrogen-bond acceptors (Lipinski definition) is 5. The standard InChI is InChI=1S/C63H114O5/c1-4-7-10-13-16-19-22-25-28-31-32-34-35-38-41-44-47-50-53-56-62(64)67-60-61(59-66-58-55-52-49-46-43-40-37-30-27-24-21-18-15-12-9-6-3)68-63(65)57-54-51-48-45-42-39-36-33-29-26-23-20-17-14-11-8-5-2/h16,19,25-26,28-29,36,39,45,48,61H,4-15,17-18,20-24,27,30-35,37-38,40-44,46-47,49-60H2,1-3H3/b19-16-,28-25-,29-26-,39-36-,48-45-/t61-/m1/s1. The van der Waals surface area contributed by atoms with Crippen LogP contribution in [0, 0.1) is 0 Å². The van der Waals surface area contributed by atoms with Gasteiger partial charge in [-0.05, 0) is 83.5 Å². The molecule has 0 aromatic heterocycles. The molecule has 5 heteroatoms. The Labute approximate surface area is 424 Å². The fourth-order valence-corrected chi connectivity index (χ4v) is 8.56. The van der Waals surface area contributed by atoms with E-state index in [1.807, 2.05) is 0 Å². The smallest absolute Gasteiger partial charge is 0.306 e. The summed E-state index contributed by atoms with van der Waals surface area (Å²) >= 11 is 0. The van der Waals surface area contributed by atoms with E-state index in [9.17, 15) is 9.59 Å². The van der Waals surface area contributed by atoms with Gasteiger partial charge in [0.15, 0.2) is 6.10 Å². The summed E-state index contributed by atoms with van der Waals surface area (Å²) < 4.78 is 17.5.